The van der Waals surface area contributed by atoms with Gasteiger partial charge in [0.05, 0.1) is 16.3 Å². The highest BCUT2D eigenvalue weighted by Gasteiger charge is 2.33. The van der Waals surface area contributed by atoms with Crippen LogP contribution in [0.2, 0.25) is 5.02 Å². The average molecular weight is 412 g/mol. The molecule has 0 spiro atoms. The van der Waals surface area contributed by atoms with Crippen LogP contribution < -0.4 is 15.7 Å². The standard InChI is InChI=1S/C19H13ClF3NO4/c1-10-6-18(26)28-15-8-16(13(20)7-11(10)15)27-9-17(25)24-14-5-3-2-4-12(14)19(21,22)23/h2-8H,9H2,1H3,(H,24,25). The van der Waals surface area contributed by atoms with Crippen LogP contribution in [0.5, 0.6) is 5.75 Å². The highest BCUT2D eigenvalue weighted by atomic mass is 35.5. The number of halogens is 4. The quantitative estimate of drug-likeness (QED) is 0.627. The molecule has 146 valence electrons. The largest absolute Gasteiger partial charge is 0.482 e. The molecule has 0 aliphatic carbocycles. The molecule has 1 heterocycles. The Balaban J connectivity index is 1.77. The molecule has 1 amide bonds. The Kier molecular flexibility index (Phi) is 5.33. The summed E-state index contributed by atoms with van der Waals surface area (Å²) >= 11 is 6.12. The molecule has 0 atom stereocenters. The van der Waals surface area contributed by atoms with Crippen LogP contribution in [0.15, 0.2) is 51.7 Å². The van der Waals surface area contributed by atoms with E-state index in [4.69, 9.17) is 20.8 Å². The number of hydrogen-bond acceptors (Lipinski definition) is 4. The molecule has 0 unspecified atom stereocenters. The lowest BCUT2D eigenvalue weighted by Crippen LogP contribution is -2.22. The van der Waals surface area contributed by atoms with E-state index in [0.717, 1.165) is 12.1 Å². The zero-order valence-electron chi connectivity index (χ0n) is 14.4. The molecule has 0 aliphatic heterocycles. The Morgan fingerprint density at radius 2 is 1.93 bits per heavy atom. The van der Waals surface area contributed by atoms with Crippen molar-refractivity contribution in [1.29, 1.82) is 0 Å². The number of nitrogens with one attached hydrogen (secondary N) is 1. The predicted molar refractivity (Wildman–Crippen MR) is 97.8 cm³/mol. The molecule has 0 saturated heterocycles. The number of alkyl halides is 3. The Hall–Kier alpha value is -3.00. The number of hydrogen-bond donors (Lipinski definition) is 1. The number of carbonyl (C=O) groups excluding carboxylic acids is 1. The van der Waals surface area contributed by atoms with Gasteiger partial charge in [0.15, 0.2) is 6.61 Å². The molecule has 3 aromatic rings. The van der Waals surface area contributed by atoms with Gasteiger partial charge in [0.2, 0.25) is 0 Å². The number of amides is 1. The lowest BCUT2D eigenvalue weighted by Gasteiger charge is -2.14. The molecular weight excluding hydrogens is 399 g/mol. The normalized spacial score (nSPS) is 11.5. The fourth-order valence-electron chi connectivity index (χ4n) is 2.60. The zero-order chi connectivity index (χ0) is 20.5. The van der Waals surface area contributed by atoms with Gasteiger partial charge in [-0.2, -0.15) is 13.2 Å². The van der Waals surface area contributed by atoms with Crippen molar-refractivity contribution in [2.24, 2.45) is 0 Å². The van der Waals surface area contributed by atoms with Crippen molar-refractivity contribution in [2.45, 2.75) is 13.1 Å². The van der Waals surface area contributed by atoms with Crippen molar-refractivity contribution in [3.63, 3.8) is 0 Å². The summed E-state index contributed by atoms with van der Waals surface area (Å²) in [5.74, 6) is -0.749. The van der Waals surface area contributed by atoms with Gasteiger partial charge in [-0.25, -0.2) is 4.79 Å². The third-order valence-electron chi connectivity index (χ3n) is 3.87. The second-order valence-corrected chi connectivity index (χ2v) is 6.31. The minimum atomic E-state index is -4.61. The third-order valence-corrected chi connectivity index (χ3v) is 4.16. The maximum absolute atomic E-state index is 13.0. The second kappa shape index (κ2) is 7.55. The molecule has 1 aromatic heterocycles. The molecule has 0 radical (unpaired) electrons. The predicted octanol–water partition coefficient (Wildman–Crippen LogP) is 4.79. The fraction of sp³-hybridized carbons (Fsp3) is 0.158. The van der Waals surface area contributed by atoms with Gasteiger partial charge in [0.1, 0.15) is 11.3 Å². The van der Waals surface area contributed by atoms with E-state index in [1.165, 1.54) is 30.3 Å². The molecule has 9 heteroatoms. The highest BCUT2D eigenvalue weighted by molar-refractivity contribution is 6.32. The molecule has 0 saturated carbocycles. The Morgan fingerprint density at radius 1 is 1.21 bits per heavy atom. The Bertz CT molecular complexity index is 1110. The van der Waals surface area contributed by atoms with Crippen molar-refractivity contribution in [3.8, 4) is 5.75 Å². The number of rotatable bonds is 4. The Labute approximate surface area is 161 Å². The number of aryl methyl sites for hydroxylation is 1. The summed E-state index contributed by atoms with van der Waals surface area (Å²) in [6.07, 6.45) is -4.61. The minimum absolute atomic E-state index is 0.0576. The minimum Gasteiger partial charge on any atom is -0.482 e. The van der Waals surface area contributed by atoms with Crippen LogP contribution in [0.3, 0.4) is 0 Å². The van der Waals surface area contributed by atoms with Gasteiger partial charge in [-0.1, -0.05) is 23.7 Å². The van der Waals surface area contributed by atoms with E-state index in [1.807, 2.05) is 0 Å². The molecule has 28 heavy (non-hydrogen) atoms. The number of para-hydroxylation sites is 1. The number of ether oxygens (including phenoxy) is 1. The van der Waals surface area contributed by atoms with E-state index in [-0.39, 0.29) is 22.0 Å². The monoisotopic (exact) mass is 411 g/mol. The van der Waals surface area contributed by atoms with Gasteiger partial charge in [-0.15, -0.1) is 0 Å². The van der Waals surface area contributed by atoms with E-state index in [1.54, 1.807) is 6.92 Å². The van der Waals surface area contributed by atoms with Gasteiger partial charge < -0.3 is 14.5 Å². The molecule has 2 aromatic carbocycles. The van der Waals surface area contributed by atoms with Gasteiger partial charge in [-0.3, -0.25) is 4.79 Å². The van der Waals surface area contributed by atoms with Crippen LogP contribution in [0.4, 0.5) is 18.9 Å². The van der Waals surface area contributed by atoms with Crippen LogP contribution in [-0.4, -0.2) is 12.5 Å². The van der Waals surface area contributed by atoms with E-state index in [0.29, 0.717) is 10.9 Å². The van der Waals surface area contributed by atoms with E-state index >= 15 is 0 Å². The SMILES string of the molecule is Cc1cc(=O)oc2cc(OCC(=O)Nc3ccccc3C(F)(F)F)c(Cl)cc12. The van der Waals surface area contributed by atoms with Gasteiger partial charge in [0, 0.05) is 17.5 Å². The van der Waals surface area contributed by atoms with Gasteiger partial charge >= 0.3 is 11.8 Å². The van der Waals surface area contributed by atoms with Crippen LogP contribution in [0, 0.1) is 6.92 Å². The Morgan fingerprint density at radius 3 is 2.64 bits per heavy atom. The molecule has 0 aliphatic rings. The number of fused-ring (bicyclic) bond motifs is 1. The third kappa shape index (κ3) is 4.28. The van der Waals surface area contributed by atoms with Crippen molar-refractivity contribution in [2.75, 3.05) is 11.9 Å². The molecule has 1 N–H and O–H groups in total. The van der Waals surface area contributed by atoms with E-state index < -0.39 is 29.9 Å². The second-order valence-electron chi connectivity index (χ2n) is 5.91. The molecule has 3 rings (SSSR count). The zero-order valence-corrected chi connectivity index (χ0v) is 15.1. The molecule has 5 nitrogen and oxygen atoms in total. The lowest BCUT2D eigenvalue weighted by atomic mass is 10.1. The first-order valence-corrected chi connectivity index (χ1v) is 8.36. The van der Waals surface area contributed by atoms with Crippen molar-refractivity contribution < 1.29 is 27.1 Å². The van der Waals surface area contributed by atoms with Crippen molar-refractivity contribution in [3.05, 3.63) is 69.0 Å². The highest BCUT2D eigenvalue weighted by Crippen LogP contribution is 2.35. The van der Waals surface area contributed by atoms with Crippen molar-refractivity contribution >= 4 is 34.2 Å². The van der Waals surface area contributed by atoms with E-state index in [9.17, 15) is 22.8 Å². The van der Waals surface area contributed by atoms with Crippen LogP contribution in [0.25, 0.3) is 11.0 Å². The van der Waals surface area contributed by atoms with Crippen LogP contribution in [0.1, 0.15) is 11.1 Å². The lowest BCUT2D eigenvalue weighted by molar-refractivity contribution is -0.137. The number of benzene rings is 2. The summed E-state index contributed by atoms with van der Waals surface area (Å²) < 4.78 is 49.3. The number of anilines is 1. The van der Waals surface area contributed by atoms with E-state index in [2.05, 4.69) is 5.32 Å². The summed E-state index contributed by atoms with van der Waals surface area (Å²) in [7, 11) is 0. The topological polar surface area (TPSA) is 68.5 Å². The summed E-state index contributed by atoms with van der Waals surface area (Å²) in [6.45, 7) is 1.12. The maximum atomic E-state index is 13.0. The fourth-order valence-corrected chi connectivity index (χ4v) is 2.82. The molecular formula is C19H13ClF3NO4. The maximum Gasteiger partial charge on any atom is 0.418 e. The summed E-state index contributed by atoms with van der Waals surface area (Å²) in [6, 6.07) is 8.77. The smallest absolute Gasteiger partial charge is 0.418 e. The van der Waals surface area contributed by atoms with Crippen LogP contribution in [-0.2, 0) is 11.0 Å². The molecule has 0 bridgehead atoms. The van der Waals surface area contributed by atoms with Crippen molar-refractivity contribution in [1.82, 2.24) is 0 Å². The van der Waals surface area contributed by atoms with Gasteiger partial charge in [0.25, 0.3) is 5.91 Å². The first-order valence-electron chi connectivity index (χ1n) is 7.98. The number of carbonyl (C=O) groups is 1. The summed E-state index contributed by atoms with van der Waals surface area (Å²) in [5.41, 5.74) is -1.03. The van der Waals surface area contributed by atoms with Crippen LogP contribution >= 0.6 is 11.6 Å². The molecule has 0 fully saturated rings. The average Bonchev–Trinajstić information content (AvgIpc) is 2.60. The summed E-state index contributed by atoms with van der Waals surface area (Å²) in [4.78, 5) is 23.5. The summed E-state index contributed by atoms with van der Waals surface area (Å²) in [5, 5.41) is 2.92. The first kappa shape index (κ1) is 19.8. The first-order chi connectivity index (χ1) is 13.1. The van der Waals surface area contributed by atoms with Gasteiger partial charge in [-0.05, 0) is 30.7 Å².